The summed E-state index contributed by atoms with van der Waals surface area (Å²) in [7, 11) is 2.90. The van der Waals surface area contributed by atoms with Crippen LogP contribution in [0.5, 0.6) is 0 Å². The molecule has 2 aromatic heterocycles. The van der Waals surface area contributed by atoms with E-state index in [0.717, 1.165) is 10.9 Å². The monoisotopic (exact) mass is 375 g/mol. The van der Waals surface area contributed by atoms with Crippen molar-refractivity contribution in [2.24, 2.45) is 7.05 Å². The summed E-state index contributed by atoms with van der Waals surface area (Å²) in [6.45, 7) is 2.09. The molecule has 0 aliphatic heterocycles. The Hall–Kier alpha value is -2.87. The van der Waals surface area contributed by atoms with Crippen LogP contribution in [0.15, 0.2) is 24.4 Å². The first-order valence-electron chi connectivity index (χ1n) is 7.94. The van der Waals surface area contributed by atoms with E-state index in [1.165, 1.54) is 11.8 Å². The summed E-state index contributed by atoms with van der Waals surface area (Å²) in [5.41, 5.74) is 1.96. The summed E-state index contributed by atoms with van der Waals surface area (Å²) in [6.07, 6.45) is 1.86. The maximum atomic E-state index is 12.4. The molecule has 1 amide bonds. The molecule has 9 heteroatoms. The number of carbonyl (C=O) groups excluding carboxylic acids is 2. The third-order valence-electron chi connectivity index (χ3n) is 4.05. The second kappa shape index (κ2) is 7.17. The van der Waals surface area contributed by atoms with Gasteiger partial charge in [0.05, 0.1) is 41.8 Å². The predicted molar refractivity (Wildman–Crippen MR) is 97.3 cm³/mol. The van der Waals surface area contributed by atoms with Gasteiger partial charge in [-0.1, -0.05) is 17.7 Å². The molecular formula is C17H18ClN5O3. The van der Waals surface area contributed by atoms with Crippen LogP contribution in [0.1, 0.15) is 22.6 Å². The van der Waals surface area contributed by atoms with Gasteiger partial charge >= 0.3 is 5.97 Å². The number of hydrogen-bond donors (Lipinski definition) is 1. The lowest BCUT2D eigenvalue weighted by molar-refractivity contribution is -0.116. The lowest BCUT2D eigenvalue weighted by Crippen LogP contribution is -2.18. The molecule has 3 aromatic rings. The number of hydrogen-bond acceptors (Lipinski definition) is 5. The van der Waals surface area contributed by atoms with Gasteiger partial charge in [-0.05, 0) is 19.1 Å². The average molecular weight is 376 g/mol. The van der Waals surface area contributed by atoms with Crippen molar-refractivity contribution in [3.05, 3.63) is 40.8 Å². The molecule has 0 radical (unpaired) electrons. The Morgan fingerprint density at radius 3 is 2.85 bits per heavy atom. The Bertz CT molecular complexity index is 992. The number of esters is 1. The number of anilines is 1. The van der Waals surface area contributed by atoms with Gasteiger partial charge in [-0.25, -0.2) is 4.79 Å². The molecule has 0 aliphatic rings. The molecule has 1 N–H and O–H groups in total. The number of amides is 1. The van der Waals surface area contributed by atoms with Crippen LogP contribution in [0.4, 0.5) is 5.69 Å². The first kappa shape index (κ1) is 17.9. The maximum absolute atomic E-state index is 12.4. The van der Waals surface area contributed by atoms with Crippen molar-refractivity contribution in [2.75, 3.05) is 12.4 Å². The second-order valence-corrected chi connectivity index (χ2v) is 6.17. The second-order valence-electron chi connectivity index (χ2n) is 5.76. The van der Waals surface area contributed by atoms with Crippen molar-refractivity contribution in [1.29, 1.82) is 0 Å². The van der Waals surface area contributed by atoms with Gasteiger partial charge in [0, 0.05) is 18.9 Å². The highest BCUT2D eigenvalue weighted by atomic mass is 35.5. The summed E-state index contributed by atoms with van der Waals surface area (Å²) in [6, 6.07) is 5.53. The Labute approximate surface area is 154 Å². The predicted octanol–water partition coefficient (Wildman–Crippen LogP) is 2.55. The molecular weight excluding hydrogens is 358 g/mol. The summed E-state index contributed by atoms with van der Waals surface area (Å²) in [5, 5.41) is 12.6. The number of benzene rings is 1. The first-order valence-corrected chi connectivity index (χ1v) is 8.32. The number of nitrogens with one attached hydrogen (secondary N) is 1. The number of fused-ring (bicyclic) bond motifs is 1. The van der Waals surface area contributed by atoms with Gasteiger partial charge in [0.1, 0.15) is 0 Å². The minimum atomic E-state index is -0.559. The van der Waals surface area contributed by atoms with E-state index in [9.17, 15) is 9.59 Å². The van der Waals surface area contributed by atoms with E-state index >= 15 is 0 Å². The summed E-state index contributed by atoms with van der Waals surface area (Å²) in [5.74, 6) is -0.812. The molecule has 136 valence electrons. The van der Waals surface area contributed by atoms with E-state index in [0.29, 0.717) is 22.9 Å². The number of aryl methyl sites for hydroxylation is 3. The zero-order valence-electron chi connectivity index (χ0n) is 14.6. The molecule has 2 heterocycles. The van der Waals surface area contributed by atoms with E-state index in [1.54, 1.807) is 30.9 Å². The van der Waals surface area contributed by atoms with Crippen molar-refractivity contribution in [1.82, 2.24) is 19.6 Å². The molecule has 0 fully saturated rings. The maximum Gasteiger partial charge on any atom is 0.358 e. The topological polar surface area (TPSA) is 91.0 Å². The van der Waals surface area contributed by atoms with Crippen molar-refractivity contribution in [3.63, 3.8) is 0 Å². The van der Waals surface area contributed by atoms with E-state index < -0.39 is 5.97 Å². The number of ether oxygens (including phenoxy) is 1. The summed E-state index contributed by atoms with van der Waals surface area (Å²) in [4.78, 5) is 24.3. The van der Waals surface area contributed by atoms with Gasteiger partial charge in [0.25, 0.3) is 0 Å². The molecule has 0 atom stereocenters. The van der Waals surface area contributed by atoms with Gasteiger partial charge in [-0.2, -0.15) is 10.2 Å². The van der Waals surface area contributed by atoms with Gasteiger partial charge in [-0.15, -0.1) is 0 Å². The highest BCUT2D eigenvalue weighted by Gasteiger charge is 2.22. The number of nitrogens with zero attached hydrogens (tertiary/aromatic N) is 4. The van der Waals surface area contributed by atoms with E-state index in [2.05, 4.69) is 15.5 Å². The number of methoxy groups -OCH3 is 1. The van der Waals surface area contributed by atoms with Crippen LogP contribution in [0.2, 0.25) is 5.02 Å². The lowest BCUT2D eigenvalue weighted by Gasteiger charge is -2.08. The van der Waals surface area contributed by atoms with E-state index in [4.69, 9.17) is 16.3 Å². The SMILES string of the molecule is COC(=O)c1c(NC(=O)CCn2ncc3c(Cl)cccc32)c(C)nn1C. The van der Waals surface area contributed by atoms with Crippen molar-refractivity contribution >= 4 is 40.1 Å². The molecule has 1 aromatic carbocycles. The number of aromatic nitrogens is 4. The van der Waals surface area contributed by atoms with Gasteiger partial charge < -0.3 is 10.1 Å². The lowest BCUT2D eigenvalue weighted by atomic mass is 10.2. The zero-order chi connectivity index (χ0) is 18.8. The fourth-order valence-electron chi connectivity index (χ4n) is 2.79. The minimum Gasteiger partial charge on any atom is -0.464 e. The minimum absolute atomic E-state index is 0.179. The van der Waals surface area contributed by atoms with Gasteiger partial charge in [-0.3, -0.25) is 14.2 Å². The first-order chi connectivity index (χ1) is 12.4. The van der Waals surface area contributed by atoms with Crippen LogP contribution < -0.4 is 5.32 Å². The summed E-state index contributed by atoms with van der Waals surface area (Å²) >= 11 is 6.14. The third-order valence-corrected chi connectivity index (χ3v) is 4.38. The van der Waals surface area contributed by atoms with Crippen LogP contribution >= 0.6 is 11.6 Å². The normalized spacial score (nSPS) is 10.9. The number of rotatable bonds is 5. The third kappa shape index (κ3) is 3.28. The number of carbonyl (C=O) groups is 2. The van der Waals surface area contributed by atoms with Crippen molar-refractivity contribution < 1.29 is 14.3 Å². The van der Waals surface area contributed by atoms with Crippen molar-refractivity contribution in [2.45, 2.75) is 19.9 Å². The molecule has 0 unspecified atom stereocenters. The fourth-order valence-corrected chi connectivity index (χ4v) is 3.01. The fraction of sp³-hybridized carbons (Fsp3) is 0.294. The Balaban J connectivity index is 1.74. The molecule has 0 spiro atoms. The van der Waals surface area contributed by atoms with Crippen LogP contribution in [0, 0.1) is 6.92 Å². The zero-order valence-corrected chi connectivity index (χ0v) is 15.4. The highest BCUT2D eigenvalue weighted by molar-refractivity contribution is 6.35. The van der Waals surface area contributed by atoms with Crippen LogP contribution in [0.25, 0.3) is 10.9 Å². The Morgan fingerprint density at radius 1 is 1.35 bits per heavy atom. The highest BCUT2D eigenvalue weighted by Crippen LogP contribution is 2.23. The summed E-state index contributed by atoms with van der Waals surface area (Å²) < 4.78 is 7.86. The van der Waals surface area contributed by atoms with Crippen LogP contribution in [-0.4, -0.2) is 38.5 Å². The van der Waals surface area contributed by atoms with E-state index in [-0.39, 0.29) is 18.0 Å². The number of halogens is 1. The molecule has 0 aliphatic carbocycles. The molecule has 0 bridgehead atoms. The molecule has 26 heavy (non-hydrogen) atoms. The van der Waals surface area contributed by atoms with Crippen molar-refractivity contribution in [3.8, 4) is 0 Å². The molecule has 3 rings (SSSR count). The molecule has 0 saturated heterocycles. The van der Waals surface area contributed by atoms with Crippen LogP contribution in [0.3, 0.4) is 0 Å². The largest absolute Gasteiger partial charge is 0.464 e. The van der Waals surface area contributed by atoms with Gasteiger partial charge in [0.15, 0.2) is 5.69 Å². The molecule has 0 saturated carbocycles. The Morgan fingerprint density at radius 2 is 2.12 bits per heavy atom. The quantitative estimate of drug-likeness (QED) is 0.692. The van der Waals surface area contributed by atoms with E-state index in [1.807, 2.05) is 12.1 Å². The van der Waals surface area contributed by atoms with Gasteiger partial charge in [0.2, 0.25) is 5.91 Å². The molecule has 8 nitrogen and oxygen atoms in total. The Kier molecular flexibility index (Phi) is 4.94. The smallest absolute Gasteiger partial charge is 0.358 e. The average Bonchev–Trinajstić information content (AvgIpc) is 3.14. The van der Waals surface area contributed by atoms with Crippen LogP contribution in [-0.2, 0) is 23.1 Å². The standard InChI is InChI=1S/C17H18ClN5O3/c1-10-15(16(17(25)26-3)22(2)21-10)20-14(24)7-8-23-13-6-4-5-12(18)11(13)9-19-23/h4-6,9H,7-8H2,1-3H3,(H,20,24).